The molecule has 0 aliphatic heterocycles. The lowest BCUT2D eigenvalue weighted by atomic mass is 10.8. The highest BCUT2D eigenvalue weighted by Crippen LogP contribution is 1.92. The second-order valence-electron chi connectivity index (χ2n) is 1.04. The molecule has 7 heavy (non-hydrogen) atoms. The molecule has 0 amide bonds. The lowest BCUT2D eigenvalue weighted by molar-refractivity contribution is -0.112. The first-order chi connectivity index (χ1) is 3.27. The molecule has 0 N–H and O–H groups in total. The second kappa shape index (κ2) is 4.09. The summed E-state index contributed by atoms with van der Waals surface area (Å²) in [5.74, 6) is 0. The fourth-order valence-electron chi connectivity index (χ4n) is 0.172. The van der Waals surface area contributed by atoms with Crippen LogP contribution in [0.3, 0.4) is 0 Å². The van der Waals surface area contributed by atoms with Gasteiger partial charge in [-0.05, 0) is 6.92 Å². The monoisotopic (exact) mass is 122 g/mol. The Morgan fingerprint density at radius 2 is 2.57 bits per heavy atom. The van der Waals surface area contributed by atoms with Gasteiger partial charge in [0.1, 0.15) is 18.5 Å². The molecule has 2 nitrogen and oxygen atoms in total. The van der Waals surface area contributed by atoms with E-state index in [9.17, 15) is 4.79 Å². The molecule has 0 bridgehead atoms. The zero-order valence-electron chi connectivity index (χ0n) is 4.06. The Morgan fingerprint density at radius 3 is 2.71 bits per heavy atom. The van der Waals surface area contributed by atoms with Crippen molar-refractivity contribution in [2.45, 2.75) is 12.5 Å². The van der Waals surface area contributed by atoms with Crippen LogP contribution in [0.15, 0.2) is 0 Å². The predicted molar refractivity (Wildman–Crippen MR) is 27.3 cm³/mol. The summed E-state index contributed by atoms with van der Waals surface area (Å²) in [6.07, 6.45) is 0.666. The van der Waals surface area contributed by atoms with Crippen molar-refractivity contribution in [2.24, 2.45) is 0 Å². The maximum absolute atomic E-state index is 9.53. The molecule has 3 heteroatoms. The van der Waals surface area contributed by atoms with Gasteiger partial charge in [-0.1, -0.05) is 11.6 Å². The number of aldehydes is 1. The number of halogens is 1. The summed E-state index contributed by atoms with van der Waals surface area (Å²) >= 11 is 5.28. The number of carbonyl (C=O) groups is 1. The normalized spacial score (nSPS) is 13.4. The minimum absolute atomic E-state index is 0.0880. The van der Waals surface area contributed by atoms with Crippen LogP contribution < -0.4 is 0 Å². The van der Waals surface area contributed by atoms with E-state index in [0.717, 1.165) is 0 Å². The van der Waals surface area contributed by atoms with Gasteiger partial charge in [-0.25, -0.2) is 0 Å². The summed E-state index contributed by atoms with van der Waals surface area (Å²) in [5.41, 5.74) is -0.356. The van der Waals surface area contributed by atoms with E-state index in [1.165, 1.54) is 0 Å². The van der Waals surface area contributed by atoms with Gasteiger partial charge < -0.3 is 9.53 Å². The van der Waals surface area contributed by atoms with Gasteiger partial charge in [0.25, 0.3) is 0 Å². The average molecular weight is 123 g/mol. The van der Waals surface area contributed by atoms with Crippen molar-refractivity contribution in [1.29, 1.82) is 0 Å². The summed E-state index contributed by atoms with van der Waals surface area (Å²) in [7, 11) is 0. The first-order valence-corrected chi connectivity index (χ1v) is 2.40. The Bertz CT molecular complexity index is 53.7. The van der Waals surface area contributed by atoms with E-state index in [-0.39, 0.29) is 12.2 Å². The molecule has 0 spiro atoms. The number of alkyl halides is 1. The van der Waals surface area contributed by atoms with Crippen molar-refractivity contribution in [3.05, 3.63) is 0 Å². The van der Waals surface area contributed by atoms with E-state index in [1.54, 1.807) is 6.92 Å². The van der Waals surface area contributed by atoms with E-state index >= 15 is 0 Å². The molecule has 0 aromatic rings. The van der Waals surface area contributed by atoms with Crippen molar-refractivity contribution < 1.29 is 9.53 Å². The van der Waals surface area contributed by atoms with E-state index in [4.69, 9.17) is 11.6 Å². The van der Waals surface area contributed by atoms with Crippen LogP contribution in [0.25, 0.3) is 0 Å². The van der Waals surface area contributed by atoms with E-state index in [2.05, 4.69) is 4.74 Å². The van der Waals surface area contributed by atoms with E-state index in [0.29, 0.717) is 6.29 Å². The molecule has 0 rings (SSSR count). The SMILES string of the molecule is CC(Cl)OCC=O. The lowest BCUT2D eigenvalue weighted by Crippen LogP contribution is -2.00. The van der Waals surface area contributed by atoms with E-state index in [1.807, 2.05) is 0 Å². The van der Waals surface area contributed by atoms with Crippen molar-refractivity contribution in [1.82, 2.24) is 0 Å². The highest BCUT2D eigenvalue weighted by atomic mass is 35.5. The molecular weight excluding hydrogens is 115 g/mol. The van der Waals surface area contributed by atoms with Crippen molar-refractivity contribution >= 4 is 17.9 Å². The Morgan fingerprint density at radius 1 is 2.00 bits per heavy atom. The molecule has 0 aliphatic carbocycles. The first-order valence-electron chi connectivity index (χ1n) is 1.96. The van der Waals surface area contributed by atoms with Crippen LogP contribution in [-0.4, -0.2) is 18.5 Å². The Hall–Kier alpha value is -0.0800. The van der Waals surface area contributed by atoms with Crippen LogP contribution in [-0.2, 0) is 9.53 Å². The molecule has 42 valence electrons. The van der Waals surface area contributed by atoms with E-state index < -0.39 is 0 Å². The van der Waals surface area contributed by atoms with Gasteiger partial charge in [-0.2, -0.15) is 0 Å². The molecule has 0 saturated carbocycles. The topological polar surface area (TPSA) is 26.3 Å². The largest absolute Gasteiger partial charge is 0.355 e. The van der Waals surface area contributed by atoms with Gasteiger partial charge in [-0.15, -0.1) is 0 Å². The molecule has 0 radical (unpaired) electrons. The first kappa shape index (κ1) is 6.92. The van der Waals surface area contributed by atoms with Crippen LogP contribution in [0, 0.1) is 0 Å². The summed E-state index contributed by atoms with van der Waals surface area (Å²) < 4.78 is 4.59. The zero-order chi connectivity index (χ0) is 5.70. The number of rotatable bonds is 3. The number of ether oxygens (including phenoxy) is 1. The second-order valence-corrected chi connectivity index (χ2v) is 1.66. The van der Waals surface area contributed by atoms with Gasteiger partial charge >= 0.3 is 0 Å². The van der Waals surface area contributed by atoms with Gasteiger partial charge in [0.2, 0.25) is 0 Å². The number of carbonyl (C=O) groups excluding carboxylic acids is 1. The molecule has 0 fully saturated rings. The standard InChI is InChI=1S/C4H7ClO2/c1-4(5)7-3-2-6/h2,4H,3H2,1H3. The highest BCUT2D eigenvalue weighted by molar-refractivity contribution is 6.19. The quantitative estimate of drug-likeness (QED) is 0.409. The molecule has 1 unspecified atom stereocenters. The molecular formula is C4H7ClO2. The number of hydrogen-bond donors (Lipinski definition) is 0. The molecule has 0 aromatic heterocycles. The van der Waals surface area contributed by atoms with Gasteiger partial charge in [0.15, 0.2) is 0 Å². The van der Waals surface area contributed by atoms with Gasteiger partial charge in [-0.3, -0.25) is 0 Å². The Balaban J connectivity index is 2.81. The lowest BCUT2D eigenvalue weighted by Gasteiger charge is -1.97. The zero-order valence-corrected chi connectivity index (χ0v) is 4.81. The van der Waals surface area contributed by atoms with Crippen molar-refractivity contribution in [3.8, 4) is 0 Å². The van der Waals surface area contributed by atoms with Crippen LogP contribution in [0.2, 0.25) is 0 Å². The molecule has 0 aliphatic rings. The summed E-state index contributed by atoms with van der Waals surface area (Å²) in [5, 5.41) is 0. The average Bonchev–Trinajstić information content (AvgIpc) is 1.61. The minimum Gasteiger partial charge on any atom is -0.355 e. The minimum atomic E-state index is -0.356. The van der Waals surface area contributed by atoms with Crippen molar-refractivity contribution in [2.75, 3.05) is 6.61 Å². The molecule has 1 atom stereocenters. The van der Waals surface area contributed by atoms with Crippen LogP contribution in [0.4, 0.5) is 0 Å². The summed E-state index contributed by atoms with van der Waals surface area (Å²) in [6.45, 7) is 1.75. The summed E-state index contributed by atoms with van der Waals surface area (Å²) in [4.78, 5) is 9.53. The third-order valence-electron chi connectivity index (χ3n) is 0.394. The maximum Gasteiger partial charge on any atom is 0.145 e. The highest BCUT2D eigenvalue weighted by Gasteiger charge is 1.89. The Labute approximate surface area is 47.4 Å². The van der Waals surface area contributed by atoms with Gasteiger partial charge in [0.05, 0.1) is 0 Å². The third kappa shape index (κ3) is 5.92. The molecule has 0 aromatic carbocycles. The van der Waals surface area contributed by atoms with Crippen LogP contribution in [0.1, 0.15) is 6.92 Å². The van der Waals surface area contributed by atoms with Crippen LogP contribution >= 0.6 is 11.6 Å². The third-order valence-corrected chi connectivity index (χ3v) is 0.520. The predicted octanol–water partition coefficient (Wildman–Crippen LogP) is 0.787. The fourth-order valence-corrected chi connectivity index (χ4v) is 0.245. The summed E-state index contributed by atoms with van der Waals surface area (Å²) in [6, 6.07) is 0. The Kier molecular flexibility index (Phi) is 4.04. The van der Waals surface area contributed by atoms with Crippen molar-refractivity contribution in [3.63, 3.8) is 0 Å². The van der Waals surface area contributed by atoms with Gasteiger partial charge in [0, 0.05) is 0 Å². The number of hydrogen-bond acceptors (Lipinski definition) is 2. The molecule has 0 saturated heterocycles. The smallest absolute Gasteiger partial charge is 0.145 e. The maximum atomic E-state index is 9.53. The van der Waals surface area contributed by atoms with Crippen LogP contribution in [0.5, 0.6) is 0 Å². The fraction of sp³-hybridized carbons (Fsp3) is 0.750. The molecule has 0 heterocycles.